The van der Waals surface area contributed by atoms with Gasteiger partial charge in [0.1, 0.15) is 0 Å². The van der Waals surface area contributed by atoms with Crippen molar-refractivity contribution in [2.75, 3.05) is 4.90 Å². The van der Waals surface area contributed by atoms with Crippen molar-refractivity contribution < 1.29 is 9.59 Å². The van der Waals surface area contributed by atoms with Crippen LogP contribution >= 0.6 is 0 Å². The van der Waals surface area contributed by atoms with Crippen LogP contribution in [0.15, 0.2) is 127 Å². The number of imide groups is 1. The monoisotopic (exact) mass is 637 g/mol. The first-order chi connectivity index (χ1) is 23.8. The van der Waals surface area contributed by atoms with Crippen molar-refractivity contribution >= 4 is 61.1 Å². The van der Waals surface area contributed by atoms with Gasteiger partial charge in [0.05, 0.1) is 50.3 Å². The molecule has 6 aromatic carbocycles. The van der Waals surface area contributed by atoms with E-state index in [1.54, 1.807) is 0 Å². The van der Waals surface area contributed by atoms with Crippen LogP contribution in [0.5, 0.6) is 0 Å². The Kier molecular flexibility index (Phi) is 6.44. The highest BCUT2D eigenvalue weighted by molar-refractivity contribution is 6.35. The quantitative estimate of drug-likeness (QED) is 0.176. The van der Waals surface area contributed by atoms with Crippen molar-refractivity contribution in [3.8, 4) is 11.4 Å². The number of fused-ring (bicyclic) bond motifs is 7. The Labute approximate surface area is 284 Å². The van der Waals surface area contributed by atoms with E-state index in [2.05, 4.69) is 134 Å². The minimum atomic E-state index is -0.286. The minimum Gasteiger partial charge on any atom is -0.307 e. The Balaban J connectivity index is 1.41. The standard InChI is InChI=1S/C44H35N3O2/c1-26(2)28-18-13-19-29(27(3)4)42(28)47-43(48)34-24-40(45-36-20-9-5-14-30(36)31-15-6-10-21-37(31)45)41(25-35(34)44(47)49)46-38-22-11-7-16-32(38)33-17-8-12-23-39(33)46/h5-27H,1-4H3. The molecular formula is C44H35N3O2. The Morgan fingerprint density at radius 2 is 0.755 bits per heavy atom. The van der Waals surface area contributed by atoms with E-state index in [0.717, 1.165) is 71.8 Å². The van der Waals surface area contributed by atoms with Crippen LogP contribution < -0.4 is 4.90 Å². The fourth-order valence-corrected chi connectivity index (χ4v) is 7.96. The Morgan fingerprint density at radius 1 is 0.429 bits per heavy atom. The van der Waals surface area contributed by atoms with Gasteiger partial charge in [-0.05, 0) is 59.4 Å². The van der Waals surface area contributed by atoms with Gasteiger partial charge in [-0.25, -0.2) is 4.90 Å². The SMILES string of the molecule is CC(C)c1cccc(C(C)C)c1N1C(=O)c2cc(-n3c4ccccc4c4ccccc43)c(-n3c4ccccc4c4ccccc43)cc2C1=O. The summed E-state index contributed by atoms with van der Waals surface area (Å²) < 4.78 is 4.51. The highest BCUT2D eigenvalue weighted by atomic mass is 16.2. The van der Waals surface area contributed by atoms with E-state index < -0.39 is 0 Å². The molecule has 0 bridgehead atoms. The van der Waals surface area contributed by atoms with Crippen LogP contribution in [0.3, 0.4) is 0 Å². The number of aromatic nitrogens is 2. The van der Waals surface area contributed by atoms with Crippen molar-refractivity contribution in [3.05, 3.63) is 150 Å². The number of rotatable bonds is 5. The van der Waals surface area contributed by atoms with Crippen LogP contribution in [0.2, 0.25) is 0 Å². The van der Waals surface area contributed by atoms with Crippen LogP contribution in [0.25, 0.3) is 55.0 Å². The number of hydrogen-bond donors (Lipinski definition) is 0. The highest BCUT2D eigenvalue weighted by Crippen LogP contribution is 2.43. The highest BCUT2D eigenvalue weighted by Gasteiger charge is 2.41. The summed E-state index contributed by atoms with van der Waals surface area (Å²) in [6.45, 7) is 8.45. The minimum absolute atomic E-state index is 0.124. The third-order valence-corrected chi connectivity index (χ3v) is 10.2. The molecule has 0 spiro atoms. The lowest BCUT2D eigenvalue weighted by Gasteiger charge is -2.25. The van der Waals surface area contributed by atoms with Crippen molar-refractivity contribution in [2.45, 2.75) is 39.5 Å². The van der Waals surface area contributed by atoms with Crippen LogP contribution in [-0.2, 0) is 0 Å². The molecule has 3 heterocycles. The lowest BCUT2D eigenvalue weighted by Crippen LogP contribution is -2.31. The summed E-state index contributed by atoms with van der Waals surface area (Å²) in [5.74, 6) is -0.324. The Morgan fingerprint density at radius 3 is 1.08 bits per heavy atom. The van der Waals surface area contributed by atoms with E-state index in [1.165, 1.54) is 4.90 Å². The van der Waals surface area contributed by atoms with Gasteiger partial charge in [0, 0.05) is 21.5 Å². The second kappa shape index (κ2) is 10.8. The van der Waals surface area contributed by atoms with Crippen molar-refractivity contribution in [2.24, 2.45) is 0 Å². The number of para-hydroxylation sites is 5. The number of carbonyl (C=O) groups is 2. The molecule has 9 rings (SSSR count). The molecule has 0 fully saturated rings. The normalized spacial score (nSPS) is 13.3. The summed E-state index contributed by atoms with van der Waals surface area (Å²) in [6, 6.07) is 43.6. The van der Waals surface area contributed by atoms with Gasteiger partial charge in [-0.2, -0.15) is 0 Å². The number of amides is 2. The summed E-state index contributed by atoms with van der Waals surface area (Å²) in [5, 5.41) is 4.51. The Bertz CT molecular complexity index is 2390. The summed E-state index contributed by atoms with van der Waals surface area (Å²) in [5.41, 5.74) is 9.35. The van der Waals surface area contributed by atoms with Crippen molar-refractivity contribution in [3.63, 3.8) is 0 Å². The van der Waals surface area contributed by atoms with E-state index in [4.69, 9.17) is 0 Å². The molecule has 5 heteroatoms. The lowest BCUT2D eigenvalue weighted by atomic mass is 9.92. The van der Waals surface area contributed by atoms with Gasteiger partial charge in [-0.3, -0.25) is 9.59 Å². The molecule has 49 heavy (non-hydrogen) atoms. The molecule has 0 N–H and O–H groups in total. The molecule has 0 unspecified atom stereocenters. The van der Waals surface area contributed by atoms with Crippen LogP contribution in [-0.4, -0.2) is 20.9 Å². The van der Waals surface area contributed by atoms with Gasteiger partial charge in [0.2, 0.25) is 0 Å². The third kappa shape index (κ3) is 4.12. The van der Waals surface area contributed by atoms with Gasteiger partial charge in [0.15, 0.2) is 0 Å². The smallest absolute Gasteiger partial charge is 0.266 e. The van der Waals surface area contributed by atoms with Crippen molar-refractivity contribution in [1.82, 2.24) is 9.13 Å². The first-order valence-electron chi connectivity index (χ1n) is 17.0. The molecular weight excluding hydrogens is 603 g/mol. The van der Waals surface area contributed by atoms with Gasteiger partial charge < -0.3 is 9.13 Å². The van der Waals surface area contributed by atoms with Crippen LogP contribution in [0.1, 0.15) is 71.4 Å². The molecule has 238 valence electrons. The molecule has 1 aliphatic rings. The first-order valence-corrected chi connectivity index (χ1v) is 17.0. The molecule has 0 atom stereocenters. The maximum atomic E-state index is 14.7. The first kappa shape index (κ1) is 29.2. The predicted molar refractivity (Wildman–Crippen MR) is 201 cm³/mol. The number of carbonyl (C=O) groups excluding carboxylic acids is 2. The Hall–Kier alpha value is -5.94. The topological polar surface area (TPSA) is 47.2 Å². The van der Waals surface area contributed by atoms with Gasteiger partial charge in [-0.15, -0.1) is 0 Å². The molecule has 0 saturated heterocycles. The lowest BCUT2D eigenvalue weighted by molar-refractivity contribution is 0.0925. The van der Waals surface area contributed by atoms with Gasteiger partial charge in [0.25, 0.3) is 11.8 Å². The summed E-state index contributed by atoms with van der Waals surface area (Å²) in [4.78, 5) is 30.9. The molecule has 2 amide bonds. The fourth-order valence-electron chi connectivity index (χ4n) is 7.96. The van der Waals surface area contributed by atoms with E-state index in [9.17, 15) is 9.59 Å². The molecule has 0 saturated carbocycles. The number of benzene rings is 6. The number of nitrogens with zero attached hydrogens (tertiary/aromatic N) is 3. The molecule has 5 nitrogen and oxygen atoms in total. The van der Waals surface area contributed by atoms with Gasteiger partial charge >= 0.3 is 0 Å². The molecule has 2 aromatic heterocycles. The average Bonchev–Trinajstić information content (AvgIpc) is 3.72. The van der Waals surface area contributed by atoms with Gasteiger partial charge in [-0.1, -0.05) is 119 Å². The van der Waals surface area contributed by atoms with E-state index in [1.807, 2.05) is 30.3 Å². The second-order valence-electron chi connectivity index (χ2n) is 13.7. The third-order valence-electron chi connectivity index (χ3n) is 10.2. The molecule has 8 aromatic rings. The molecule has 0 radical (unpaired) electrons. The van der Waals surface area contributed by atoms with E-state index >= 15 is 0 Å². The maximum absolute atomic E-state index is 14.7. The number of anilines is 1. The average molecular weight is 638 g/mol. The summed E-state index contributed by atoms with van der Waals surface area (Å²) in [7, 11) is 0. The van der Waals surface area contributed by atoms with Crippen molar-refractivity contribution in [1.29, 1.82) is 0 Å². The predicted octanol–water partition coefficient (Wildman–Crippen LogP) is 10.9. The zero-order valence-corrected chi connectivity index (χ0v) is 27.9. The molecule has 0 aliphatic carbocycles. The van der Waals surface area contributed by atoms with E-state index in [0.29, 0.717) is 11.1 Å². The molecule has 1 aliphatic heterocycles. The number of hydrogen-bond acceptors (Lipinski definition) is 2. The van der Waals surface area contributed by atoms with E-state index in [-0.39, 0.29) is 23.7 Å². The van der Waals surface area contributed by atoms with Crippen LogP contribution in [0.4, 0.5) is 5.69 Å². The summed E-state index contributed by atoms with van der Waals surface area (Å²) in [6.07, 6.45) is 0. The zero-order chi connectivity index (χ0) is 33.6. The summed E-state index contributed by atoms with van der Waals surface area (Å²) >= 11 is 0. The largest absolute Gasteiger partial charge is 0.307 e. The zero-order valence-electron chi connectivity index (χ0n) is 27.9. The fraction of sp³-hybridized carbons (Fsp3) is 0.136. The van der Waals surface area contributed by atoms with Crippen LogP contribution in [0, 0.1) is 0 Å². The second-order valence-corrected chi connectivity index (χ2v) is 13.7. The maximum Gasteiger partial charge on any atom is 0.266 e.